The van der Waals surface area contributed by atoms with Gasteiger partial charge in [0.2, 0.25) is 0 Å². The number of carbonyl (C=O) groups is 1. The third-order valence-electron chi connectivity index (χ3n) is 5.92. The van der Waals surface area contributed by atoms with Crippen LogP contribution in [0.15, 0.2) is 29.4 Å². The predicted molar refractivity (Wildman–Crippen MR) is 114 cm³/mol. The summed E-state index contributed by atoms with van der Waals surface area (Å²) < 4.78 is 29.2. The Kier molecular flexibility index (Phi) is 5.52. The van der Waals surface area contributed by atoms with Gasteiger partial charge in [0.05, 0.1) is 5.56 Å². The third-order valence-corrected chi connectivity index (χ3v) is 7.35. The molecule has 0 aliphatic carbocycles. The molecule has 0 saturated carbocycles. The van der Waals surface area contributed by atoms with Gasteiger partial charge in [0, 0.05) is 24.8 Å². The Morgan fingerprint density at radius 2 is 2.00 bits per heavy atom. The zero-order valence-electron chi connectivity index (χ0n) is 17.1. The molecule has 30 heavy (non-hydrogen) atoms. The van der Waals surface area contributed by atoms with Crippen LogP contribution in [-0.2, 0) is 16.6 Å². The maximum absolute atomic E-state index is 13.0. The number of fused-ring (bicyclic) bond motifs is 6. The SMILES string of the molecule is CC1(C)CC2CCCCCn3ccc(n3)S(=O)(=O)NC(=O)c3ccc(Cl)nc3N1C2. The fraction of sp³-hybridized carbons (Fsp3) is 0.550. The van der Waals surface area contributed by atoms with Crippen molar-refractivity contribution >= 4 is 33.3 Å². The van der Waals surface area contributed by atoms with Crippen LogP contribution in [0.2, 0.25) is 5.15 Å². The molecule has 2 aromatic rings. The van der Waals surface area contributed by atoms with Gasteiger partial charge in [-0.3, -0.25) is 9.48 Å². The van der Waals surface area contributed by atoms with Crippen molar-refractivity contribution in [3.8, 4) is 0 Å². The zero-order chi connectivity index (χ0) is 21.5. The first kappa shape index (κ1) is 21.1. The van der Waals surface area contributed by atoms with E-state index in [1.807, 2.05) is 0 Å². The lowest BCUT2D eigenvalue weighted by molar-refractivity contribution is 0.0981. The number of amides is 1. The Hall–Kier alpha value is -2.13. The van der Waals surface area contributed by atoms with Gasteiger partial charge in [0.25, 0.3) is 15.9 Å². The molecule has 1 unspecified atom stereocenters. The number of pyridine rings is 1. The van der Waals surface area contributed by atoms with Gasteiger partial charge in [-0.05, 0) is 57.2 Å². The summed E-state index contributed by atoms with van der Waals surface area (Å²) in [7, 11) is -4.10. The lowest BCUT2D eigenvalue weighted by Crippen LogP contribution is -2.41. The monoisotopic (exact) mass is 451 g/mol. The molecule has 10 heteroatoms. The molecule has 1 amide bonds. The fourth-order valence-corrected chi connectivity index (χ4v) is 5.54. The van der Waals surface area contributed by atoms with Crippen molar-refractivity contribution in [2.24, 2.45) is 5.92 Å². The molecule has 0 radical (unpaired) electrons. The first-order chi connectivity index (χ1) is 14.2. The molecule has 162 valence electrons. The van der Waals surface area contributed by atoms with Gasteiger partial charge in [-0.25, -0.2) is 9.71 Å². The first-order valence-corrected chi connectivity index (χ1v) is 12.1. The number of nitrogens with one attached hydrogen (secondary N) is 1. The van der Waals surface area contributed by atoms with E-state index < -0.39 is 15.9 Å². The van der Waals surface area contributed by atoms with Gasteiger partial charge in [-0.2, -0.15) is 13.5 Å². The van der Waals surface area contributed by atoms with E-state index in [0.29, 0.717) is 18.3 Å². The van der Waals surface area contributed by atoms with E-state index in [0.717, 1.165) is 38.6 Å². The largest absolute Gasteiger partial charge is 0.350 e. The number of halogens is 1. The van der Waals surface area contributed by atoms with Gasteiger partial charge in [0.1, 0.15) is 11.0 Å². The Labute approximate surface area is 181 Å². The summed E-state index contributed by atoms with van der Waals surface area (Å²) in [5.74, 6) is 0.153. The Balaban J connectivity index is 1.76. The minimum Gasteiger partial charge on any atom is -0.350 e. The molecule has 8 nitrogen and oxygen atoms in total. The molecular formula is C20H26ClN5O3S. The number of aryl methyl sites for hydroxylation is 1. The Morgan fingerprint density at radius 1 is 1.20 bits per heavy atom. The molecule has 2 aromatic heterocycles. The summed E-state index contributed by atoms with van der Waals surface area (Å²) in [4.78, 5) is 19.5. The van der Waals surface area contributed by atoms with Crippen molar-refractivity contribution in [3.63, 3.8) is 0 Å². The number of hydrogen-bond acceptors (Lipinski definition) is 6. The smallest absolute Gasteiger partial charge is 0.283 e. The number of anilines is 1. The summed E-state index contributed by atoms with van der Waals surface area (Å²) in [5, 5.41) is 4.22. The average Bonchev–Trinajstić information content (AvgIpc) is 3.24. The topological polar surface area (TPSA) is 97.2 Å². The van der Waals surface area contributed by atoms with Crippen LogP contribution in [0.4, 0.5) is 5.82 Å². The van der Waals surface area contributed by atoms with E-state index in [4.69, 9.17) is 11.6 Å². The number of hydrogen-bond donors (Lipinski definition) is 1. The van der Waals surface area contributed by atoms with Gasteiger partial charge >= 0.3 is 0 Å². The number of rotatable bonds is 0. The van der Waals surface area contributed by atoms with E-state index in [1.165, 1.54) is 18.2 Å². The van der Waals surface area contributed by atoms with Crippen molar-refractivity contribution in [2.75, 3.05) is 11.4 Å². The highest BCUT2D eigenvalue weighted by Gasteiger charge is 2.40. The van der Waals surface area contributed by atoms with Gasteiger partial charge < -0.3 is 4.90 Å². The maximum atomic E-state index is 13.0. The van der Waals surface area contributed by atoms with Gasteiger partial charge in [-0.1, -0.05) is 24.4 Å². The minimum atomic E-state index is -4.10. The Bertz CT molecular complexity index is 1070. The van der Waals surface area contributed by atoms with Crippen LogP contribution in [0, 0.1) is 5.92 Å². The molecule has 0 spiro atoms. The molecule has 4 heterocycles. The highest BCUT2D eigenvalue weighted by atomic mass is 35.5. The van der Waals surface area contributed by atoms with Crippen molar-refractivity contribution in [1.29, 1.82) is 0 Å². The van der Waals surface area contributed by atoms with Gasteiger partial charge in [-0.15, -0.1) is 0 Å². The lowest BCUT2D eigenvalue weighted by Gasteiger charge is -2.33. The van der Waals surface area contributed by atoms with E-state index in [9.17, 15) is 13.2 Å². The lowest BCUT2D eigenvalue weighted by atomic mass is 9.92. The fourth-order valence-electron chi connectivity index (χ4n) is 4.49. The van der Waals surface area contributed by atoms with E-state index >= 15 is 0 Å². The van der Waals surface area contributed by atoms with Crippen LogP contribution in [-0.4, -0.2) is 41.2 Å². The van der Waals surface area contributed by atoms with E-state index in [1.54, 1.807) is 10.9 Å². The van der Waals surface area contributed by atoms with E-state index in [-0.39, 0.29) is 21.3 Å². The number of carbonyl (C=O) groups excluding carboxylic acids is 1. The third kappa shape index (κ3) is 4.18. The minimum absolute atomic E-state index is 0.173. The van der Waals surface area contributed by atoms with Crippen LogP contribution in [0.25, 0.3) is 0 Å². The van der Waals surface area contributed by atoms with Crippen molar-refractivity contribution in [2.45, 2.75) is 63.1 Å². The summed E-state index contributed by atoms with van der Waals surface area (Å²) in [6, 6.07) is 4.43. The molecule has 4 rings (SSSR count). The van der Waals surface area contributed by atoms with Crippen LogP contribution in [0.3, 0.4) is 0 Å². The zero-order valence-corrected chi connectivity index (χ0v) is 18.7. The maximum Gasteiger partial charge on any atom is 0.283 e. The summed E-state index contributed by atoms with van der Waals surface area (Å²) in [6.07, 6.45) is 6.77. The normalized spacial score (nSPS) is 23.6. The van der Waals surface area contributed by atoms with Crippen LogP contribution in [0.1, 0.15) is 56.3 Å². The molecule has 2 aliphatic rings. The first-order valence-electron chi connectivity index (χ1n) is 10.2. The molecule has 1 fully saturated rings. The van der Waals surface area contributed by atoms with Crippen molar-refractivity contribution in [3.05, 3.63) is 35.1 Å². The second kappa shape index (κ2) is 7.85. The highest BCUT2D eigenvalue weighted by molar-refractivity contribution is 7.90. The molecule has 1 N–H and O–H groups in total. The van der Waals surface area contributed by atoms with Crippen LogP contribution >= 0.6 is 11.6 Å². The van der Waals surface area contributed by atoms with Crippen LogP contribution in [0.5, 0.6) is 0 Å². The molecule has 1 atom stereocenters. The Morgan fingerprint density at radius 3 is 2.80 bits per heavy atom. The van der Waals surface area contributed by atoms with Gasteiger partial charge in [0.15, 0.2) is 5.03 Å². The summed E-state index contributed by atoms with van der Waals surface area (Å²) in [5.41, 5.74) is -0.0369. The standard InChI is InChI=1S/C20H26ClN5O3S/c1-20(2)12-14-6-4-3-5-10-25-11-9-17(23-25)30(28,29)24-19(27)15-7-8-16(21)22-18(15)26(20)13-14/h7-9,11,14H,3-6,10,12-13H2,1-2H3,(H,24,27). The molecule has 2 aliphatic heterocycles. The summed E-state index contributed by atoms with van der Waals surface area (Å²) >= 11 is 6.15. The quantitative estimate of drug-likeness (QED) is 0.617. The second-order valence-corrected chi connectivity index (χ2v) is 10.7. The molecule has 0 aromatic carbocycles. The number of sulfonamides is 1. The molecule has 1 saturated heterocycles. The molecular weight excluding hydrogens is 426 g/mol. The van der Waals surface area contributed by atoms with Crippen molar-refractivity contribution in [1.82, 2.24) is 19.5 Å². The molecule has 4 bridgehead atoms. The summed E-state index contributed by atoms with van der Waals surface area (Å²) in [6.45, 7) is 5.65. The predicted octanol–water partition coefficient (Wildman–Crippen LogP) is 3.23. The van der Waals surface area contributed by atoms with Crippen LogP contribution < -0.4 is 9.62 Å². The highest BCUT2D eigenvalue weighted by Crippen LogP contribution is 2.39. The number of nitrogens with zero attached hydrogens (tertiary/aromatic N) is 4. The average molecular weight is 452 g/mol. The number of aromatic nitrogens is 3. The second-order valence-electron chi connectivity index (χ2n) is 8.70. The van der Waals surface area contributed by atoms with E-state index in [2.05, 4.69) is 33.6 Å². The van der Waals surface area contributed by atoms with Crippen molar-refractivity contribution < 1.29 is 13.2 Å².